The van der Waals surface area contributed by atoms with Crippen LogP contribution in [0.3, 0.4) is 0 Å². The number of ether oxygens (including phenoxy) is 3. The number of carbonyl (C=O) groups is 1. The Hall–Kier alpha value is -3.74. The van der Waals surface area contributed by atoms with Crippen LogP contribution in [0.4, 0.5) is 0 Å². The van der Waals surface area contributed by atoms with Crippen LogP contribution < -0.4 is 19.6 Å². The van der Waals surface area contributed by atoms with E-state index in [4.69, 9.17) is 37.4 Å². The first-order valence-corrected chi connectivity index (χ1v) is 12.0. The third-order valence-electron chi connectivity index (χ3n) is 5.17. The molecule has 0 spiro atoms. The number of hydrazone groups is 1. The highest BCUT2D eigenvalue weighted by Crippen LogP contribution is 2.37. The van der Waals surface area contributed by atoms with E-state index >= 15 is 0 Å². The van der Waals surface area contributed by atoms with Gasteiger partial charge < -0.3 is 14.2 Å². The van der Waals surface area contributed by atoms with Gasteiger partial charge >= 0.3 is 0 Å². The molecule has 0 heterocycles. The quantitative estimate of drug-likeness (QED) is 0.187. The zero-order chi connectivity index (χ0) is 25.3. The third kappa shape index (κ3) is 6.68. The maximum absolute atomic E-state index is 12.0. The molecule has 0 radical (unpaired) electrons. The molecular formula is C28H24Cl2N2O4. The van der Waals surface area contributed by atoms with E-state index in [1.165, 1.54) is 6.21 Å². The molecule has 1 N–H and O–H groups in total. The van der Waals surface area contributed by atoms with Crippen LogP contribution in [0.1, 0.15) is 18.1 Å². The second-order valence-corrected chi connectivity index (χ2v) is 8.57. The minimum Gasteiger partial charge on any atom is -0.490 e. The summed E-state index contributed by atoms with van der Waals surface area (Å²) in [5.74, 6) is 1.06. The second-order valence-electron chi connectivity index (χ2n) is 7.73. The summed E-state index contributed by atoms with van der Waals surface area (Å²) in [4.78, 5) is 12.0. The minimum absolute atomic E-state index is 0.190. The summed E-state index contributed by atoms with van der Waals surface area (Å²) in [7, 11) is 0. The molecule has 0 aliphatic carbocycles. The molecule has 0 atom stereocenters. The third-order valence-corrected chi connectivity index (χ3v) is 5.70. The van der Waals surface area contributed by atoms with Crippen molar-refractivity contribution in [3.05, 3.63) is 100 Å². The molecule has 184 valence electrons. The summed E-state index contributed by atoms with van der Waals surface area (Å²) in [5.41, 5.74) is 4.11. The number of nitrogens with one attached hydrogen (secondary N) is 1. The van der Waals surface area contributed by atoms with Crippen molar-refractivity contribution in [1.29, 1.82) is 0 Å². The Morgan fingerprint density at radius 2 is 1.72 bits per heavy atom. The van der Waals surface area contributed by atoms with Gasteiger partial charge in [-0.3, -0.25) is 4.79 Å². The Morgan fingerprint density at radius 1 is 0.944 bits per heavy atom. The molecule has 4 aromatic carbocycles. The van der Waals surface area contributed by atoms with Crippen LogP contribution in [0.15, 0.2) is 84.0 Å². The van der Waals surface area contributed by atoms with Crippen LogP contribution in [-0.4, -0.2) is 25.3 Å². The average molecular weight is 523 g/mol. The van der Waals surface area contributed by atoms with Crippen molar-refractivity contribution in [2.24, 2.45) is 5.10 Å². The van der Waals surface area contributed by atoms with E-state index in [1.54, 1.807) is 36.4 Å². The molecule has 0 unspecified atom stereocenters. The number of hydrogen-bond donors (Lipinski definition) is 1. The molecule has 0 aromatic heterocycles. The highest BCUT2D eigenvalue weighted by molar-refractivity contribution is 6.32. The van der Waals surface area contributed by atoms with Crippen LogP contribution in [0.2, 0.25) is 10.0 Å². The van der Waals surface area contributed by atoms with E-state index in [0.717, 1.165) is 16.3 Å². The molecule has 0 aliphatic heterocycles. The molecular weight excluding hydrogens is 499 g/mol. The number of amides is 1. The standard InChI is InChI=1S/C28H24Cl2N2O4/c1-2-34-26-15-19(16-31-32-27(33)18-35-23-12-10-22(29)11-13-23)14-25(30)28(26)36-17-21-8-5-7-20-6-3-4-9-24(20)21/h3-16H,2,17-18H2,1H3,(H,32,33)/b31-16-. The first kappa shape index (κ1) is 25.4. The fourth-order valence-electron chi connectivity index (χ4n) is 3.52. The van der Waals surface area contributed by atoms with E-state index in [9.17, 15) is 4.79 Å². The molecule has 0 bridgehead atoms. The van der Waals surface area contributed by atoms with Crippen LogP contribution in [0.5, 0.6) is 17.2 Å². The normalized spacial score (nSPS) is 11.0. The average Bonchev–Trinajstić information content (AvgIpc) is 2.88. The Bertz CT molecular complexity index is 1370. The summed E-state index contributed by atoms with van der Waals surface area (Å²) in [5, 5.41) is 7.21. The maximum atomic E-state index is 12.0. The van der Waals surface area contributed by atoms with E-state index in [0.29, 0.717) is 46.1 Å². The van der Waals surface area contributed by atoms with Crippen LogP contribution in [0.25, 0.3) is 10.8 Å². The molecule has 4 rings (SSSR count). The maximum Gasteiger partial charge on any atom is 0.277 e. The summed E-state index contributed by atoms with van der Waals surface area (Å²) >= 11 is 12.4. The number of halogens is 2. The van der Waals surface area contributed by atoms with Crippen molar-refractivity contribution < 1.29 is 19.0 Å². The summed E-state index contributed by atoms with van der Waals surface area (Å²) in [6, 6.07) is 24.4. The van der Waals surface area contributed by atoms with Gasteiger partial charge in [0.25, 0.3) is 5.91 Å². The van der Waals surface area contributed by atoms with Crippen molar-refractivity contribution in [2.75, 3.05) is 13.2 Å². The van der Waals surface area contributed by atoms with Crippen molar-refractivity contribution in [3.63, 3.8) is 0 Å². The van der Waals surface area contributed by atoms with Gasteiger partial charge in [-0.1, -0.05) is 65.7 Å². The zero-order valence-corrected chi connectivity index (χ0v) is 21.1. The lowest BCUT2D eigenvalue weighted by molar-refractivity contribution is -0.123. The van der Waals surface area contributed by atoms with E-state index in [-0.39, 0.29) is 6.61 Å². The van der Waals surface area contributed by atoms with Gasteiger partial charge in [-0.15, -0.1) is 0 Å². The lowest BCUT2D eigenvalue weighted by Crippen LogP contribution is -2.24. The van der Waals surface area contributed by atoms with E-state index in [1.807, 2.05) is 31.2 Å². The number of benzene rings is 4. The van der Waals surface area contributed by atoms with Crippen molar-refractivity contribution in [2.45, 2.75) is 13.5 Å². The Balaban J connectivity index is 1.40. The monoisotopic (exact) mass is 522 g/mol. The summed E-state index contributed by atoms with van der Waals surface area (Å²) < 4.78 is 17.3. The fourth-order valence-corrected chi connectivity index (χ4v) is 3.92. The number of nitrogens with zero attached hydrogens (tertiary/aromatic N) is 1. The predicted octanol–water partition coefficient (Wildman–Crippen LogP) is 6.65. The topological polar surface area (TPSA) is 69.2 Å². The molecule has 6 nitrogen and oxygen atoms in total. The van der Waals surface area contributed by atoms with Gasteiger partial charge in [0.15, 0.2) is 18.1 Å². The molecule has 36 heavy (non-hydrogen) atoms. The summed E-state index contributed by atoms with van der Waals surface area (Å²) in [6.45, 7) is 2.45. The van der Waals surface area contributed by atoms with Crippen molar-refractivity contribution in [1.82, 2.24) is 5.43 Å². The second kappa shape index (κ2) is 12.3. The van der Waals surface area contributed by atoms with Crippen molar-refractivity contribution in [3.8, 4) is 17.2 Å². The molecule has 0 saturated heterocycles. The number of hydrogen-bond acceptors (Lipinski definition) is 5. The SMILES string of the molecule is CCOc1cc(/C=N\NC(=O)COc2ccc(Cl)cc2)cc(Cl)c1OCc1cccc2ccccc12. The van der Waals surface area contributed by atoms with Gasteiger partial charge in [0.05, 0.1) is 17.8 Å². The summed E-state index contributed by atoms with van der Waals surface area (Å²) in [6.07, 6.45) is 1.48. The highest BCUT2D eigenvalue weighted by Gasteiger charge is 2.13. The van der Waals surface area contributed by atoms with Crippen molar-refractivity contribution >= 4 is 46.1 Å². The fraction of sp³-hybridized carbons (Fsp3) is 0.143. The molecule has 8 heteroatoms. The zero-order valence-electron chi connectivity index (χ0n) is 19.5. The number of carbonyl (C=O) groups excluding carboxylic acids is 1. The Morgan fingerprint density at radius 3 is 2.53 bits per heavy atom. The van der Waals surface area contributed by atoms with Gasteiger partial charge in [0.1, 0.15) is 12.4 Å². The molecule has 4 aromatic rings. The molecule has 0 fully saturated rings. The van der Waals surface area contributed by atoms with Gasteiger partial charge in [-0.05, 0) is 65.2 Å². The smallest absolute Gasteiger partial charge is 0.277 e. The van der Waals surface area contributed by atoms with Crippen LogP contribution in [0, 0.1) is 0 Å². The van der Waals surface area contributed by atoms with Gasteiger partial charge in [0, 0.05) is 5.02 Å². The Kier molecular flexibility index (Phi) is 8.66. The number of rotatable bonds is 10. The van der Waals surface area contributed by atoms with Crippen LogP contribution >= 0.6 is 23.2 Å². The molecule has 0 aliphatic rings. The predicted molar refractivity (Wildman–Crippen MR) is 144 cm³/mol. The van der Waals surface area contributed by atoms with Gasteiger partial charge in [-0.2, -0.15) is 5.10 Å². The largest absolute Gasteiger partial charge is 0.490 e. The van der Waals surface area contributed by atoms with E-state index < -0.39 is 5.91 Å². The first-order valence-electron chi connectivity index (χ1n) is 11.3. The van der Waals surface area contributed by atoms with E-state index in [2.05, 4.69) is 28.7 Å². The number of fused-ring (bicyclic) bond motifs is 1. The highest BCUT2D eigenvalue weighted by atomic mass is 35.5. The first-order chi connectivity index (χ1) is 17.5. The molecule has 1 amide bonds. The lowest BCUT2D eigenvalue weighted by Gasteiger charge is -2.15. The molecule has 0 saturated carbocycles. The van der Waals surface area contributed by atoms with Crippen LogP contribution in [-0.2, 0) is 11.4 Å². The lowest BCUT2D eigenvalue weighted by atomic mass is 10.1. The Labute approximate surface area is 219 Å². The van der Waals surface area contributed by atoms with Gasteiger partial charge in [-0.25, -0.2) is 5.43 Å². The minimum atomic E-state index is -0.410. The van der Waals surface area contributed by atoms with Gasteiger partial charge in [0.2, 0.25) is 0 Å².